The van der Waals surface area contributed by atoms with E-state index >= 15 is 0 Å². The first-order chi connectivity index (χ1) is 32.7. The molecule has 0 saturated heterocycles. The molecule has 0 radical (unpaired) electrons. The number of anilines is 6. The van der Waals surface area contributed by atoms with Gasteiger partial charge in [-0.15, -0.1) is 0 Å². The van der Waals surface area contributed by atoms with E-state index < -0.39 is 0 Å². The number of hydrogen-bond donors (Lipinski definition) is 0. The van der Waals surface area contributed by atoms with E-state index in [-0.39, 0.29) is 12.1 Å². The van der Waals surface area contributed by atoms with Gasteiger partial charge in [0.1, 0.15) is 0 Å². The summed E-state index contributed by atoms with van der Waals surface area (Å²) in [6.45, 7) is 4.02. The lowest BCUT2D eigenvalue weighted by Gasteiger charge is -2.27. The van der Waals surface area contributed by atoms with E-state index in [1.807, 2.05) is 81.0 Å². The molecule has 0 saturated carbocycles. The normalized spacial score (nSPS) is 12.8. The Hall–Kier alpha value is -8.34. The molecule has 4 heteroatoms. The van der Waals surface area contributed by atoms with Crippen LogP contribution in [0.2, 0.25) is 0 Å². The van der Waals surface area contributed by atoms with Crippen molar-refractivity contribution in [1.29, 1.82) is 0 Å². The predicted octanol–water partition coefficient (Wildman–Crippen LogP) is 16.9. The zero-order valence-corrected chi connectivity index (χ0v) is 37.5. The molecule has 2 atom stereocenters. The van der Waals surface area contributed by atoms with Gasteiger partial charge in [-0.1, -0.05) is 182 Å². The molecule has 2 unspecified atom stereocenters. The van der Waals surface area contributed by atoms with E-state index in [1.165, 1.54) is 11.1 Å². The highest BCUT2D eigenvalue weighted by atomic mass is 15.1. The van der Waals surface area contributed by atoms with Gasteiger partial charge in [-0.25, -0.2) is 0 Å². The summed E-state index contributed by atoms with van der Waals surface area (Å²) in [4.78, 5) is 14.8. The number of aliphatic imine (C=N–C) groups is 2. The van der Waals surface area contributed by atoms with Gasteiger partial charge in [0.2, 0.25) is 0 Å². The first-order valence-corrected chi connectivity index (χ1v) is 22.5. The van der Waals surface area contributed by atoms with Crippen LogP contribution in [0.4, 0.5) is 34.1 Å². The SMILES string of the molecule is C\C=C/C=C\C=N\C(c1ccccc1)c1ccc(N(c2ccc(-c3ccccc3)cc2)c2ccc(C(/N=C/C=C\C=C/C)c3ccc(N(c4ccccc4)c4ccccc4)cc3)cc2)cc1. The Kier molecular flexibility index (Phi) is 15.3. The van der Waals surface area contributed by atoms with Gasteiger partial charge in [-0.3, -0.25) is 9.98 Å². The van der Waals surface area contributed by atoms with E-state index in [1.54, 1.807) is 0 Å². The summed E-state index contributed by atoms with van der Waals surface area (Å²) in [5.74, 6) is 0. The third kappa shape index (κ3) is 11.2. The number of nitrogens with zero attached hydrogens (tertiary/aromatic N) is 4. The Morgan fingerprint density at radius 1 is 0.288 bits per heavy atom. The fourth-order valence-electron chi connectivity index (χ4n) is 7.99. The Labute approximate surface area is 390 Å². The van der Waals surface area contributed by atoms with E-state index in [0.29, 0.717) is 0 Å². The molecule has 8 aromatic rings. The quantitative estimate of drug-likeness (QED) is 0.0675. The van der Waals surface area contributed by atoms with Crippen molar-refractivity contribution in [3.05, 3.63) is 289 Å². The number of para-hydroxylation sites is 2. The van der Waals surface area contributed by atoms with Crippen LogP contribution in [0.15, 0.2) is 277 Å². The zero-order valence-electron chi connectivity index (χ0n) is 37.5. The highest BCUT2D eigenvalue weighted by molar-refractivity contribution is 5.80. The molecule has 8 rings (SSSR count). The zero-order chi connectivity index (χ0) is 45.2. The predicted molar refractivity (Wildman–Crippen MR) is 283 cm³/mol. The summed E-state index contributed by atoms with van der Waals surface area (Å²) in [7, 11) is 0. The molecule has 0 bridgehead atoms. The van der Waals surface area contributed by atoms with Crippen LogP contribution in [0.25, 0.3) is 11.1 Å². The van der Waals surface area contributed by atoms with Crippen LogP contribution >= 0.6 is 0 Å². The van der Waals surface area contributed by atoms with Crippen molar-refractivity contribution in [2.75, 3.05) is 9.80 Å². The maximum atomic E-state index is 5.15. The van der Waals surface area contributed by atoms with Crippen LogP contribution < -0.4 is 9.80 Å². The van der Waals surface area contributed by atoms with Crippen LogP contribution in [0.3, 0.4) is 0 Å². The average molecular weight is 855 g/mol. The maximum Gasteiger partial charge on any atom is 0.0999 e. The smallest absolute Gasteiger partial charge is 0.0999 e. The lowest BCUT2D eigenvalue weighted by atomic mass is 9.97. The minimum absolute atomic E-state index is 0.146. The van der Waals surface area contributed by atoms with Crippen molar-refractivity contribution in [3.63, 3.8) is 0 Å². The lowest BCUT2D eigenvalue weighted by Crippen LogP contribution is -2.11. The number of rotatable bonds is 17. The van der Waals surface area contributed by atoms with Crippen molar-refractivity contribution < 1.29 is 0 Å². The van der Waals surface area contributed by atoms with Gasteiger partial charge >= 0.3 is 0 Å². The molecule has 0 aliphatic rings. The van der Waals surface area contributed by atoms with E-state index in [2.05, 4.69) is 222 Å². The Morgan fingerprint density at radius 2 is 0.576 bits per heavy atom. The van der Waals surface area contributed by atoms with Gasteiger partial charge in [0, 0.05) is 46.6 Å². The lowest BCUT2D eigenvalue weighted by molar-refractivity contribution is 0.878. The first kappa shape index (κ1) is 44.3. The van der Waals surface area contributed by atoms with Crippen molar-refractivity contribution in [2.45, 2.75) is 25.9 Å². The fourth-order valence-corrected chi connectivity index (χ4v) is 7.99. The molecule has 66 heavy (non-hydrogen) atoms. The van der Waals surface area contributed by atoms with Gasteiger partial charge in [0.25, 0.3) is 0 Å². The number of allylic oxidation sites excluding steroid dienone is 8. The molecule has 322 valence electrons. The van der Waals surface area contributed by atoms with Crippen LogP contribution in [0.5, 0.6) is 0 Å². The molecular formula is C62H54N4. The van der Waals surface area contributed by atoms with Gasteiger partial charge in [-0.05, 0) is 132 Å². The molecule has 0 aliphatic heterocycles. The van der Waals surface area contributed by atoms with Crippen LogP contribution in [0, 0.1) is 0 Å². The molecule has 0 N–H and O–H groups in total. The fraction of sp³-hybridized carbons (Fsp3) is 0.0645. The Morgan fingerprint density at radius 3 is 0.939 bits per heavy atom. The highest BCUT2D eigenvalue weighted by Crippen LogP contribution is 2.40. The second kappa shape index (κ2) is 22.8. The number of benzene rings is 8. The van der Waals surface area contributed by atoms with Crippen molar-refractivity contribution in [1.82, 2.24) is 0 Å². The third-order valence-corrected chi connectivity index (χ3v) is 11.2. The first-order valence-electron chi connectivity index (χ1n) is 22.5. The summed E-state index contributed by atoms with van der Waals surface area (Å²) >= 11 is 0. The van der Waals surface area contributed by atoms with Crippen molar-refractivity contribution >= 4 is 46.6 Å². The van der Waals surface area contributed by atoms with Crippen LogP contribution in [-0.2, 0) is 0 Å². The number of hydrogen-bond acceptors (Lipinski definition) is 4. The molecule has 0 heterocycles. The summed E-state index contributed by atoms with van der Waals surface area (Å²) < 4.78 is 0. The molecule has 4 nitrogen and oxygen atoms in total. The molecule has 0 fully saturated rings. The monoisotopic (exact) mass is 854 g/mol. The van der Waals surface area contributed by atoms with Crippen LogP contribution in [-0.4, -0.2) is 12.4 Å². The highest BCUT2D eigenvalue weighted by Gasteiger charge is 2.19. The molecule has 0 amide bonds. The largest absolute Gasteiger partial charge is 0.311 e. The molecular weight excluding hydrogens is 801 g/mol. The average Bonchev–Trinajstić information content (AvgIpc) is 3.39. The van der Waals surface area contributed by atoms with Gasteiger partial charge < -0.3 is 9.80 Å². The van der Waals surface area contributed by atoms with Gasteiger partial charge in [0.15, 0.2) is 0 Å². The third-order valence-electron chi connectivity index (χ3n) is 11.2. The van der Waals surface area contributed by atoms with Crippen molar-refractivity contribution in [2.24, 2.45) is 9.98 Å². The van der Waals surface area contributed by atoms with E-state index in [4.69, 9.17) is 9.98 Å². The molecule has 0 aliphatic carbocycles. The second-order valence-electron chi connectivity index (χ2n) is 15.7. The molecule has 0 aromatic heterocycles. The van der Waals surface area contributed by atoms with E-state index in [9.17, 15) is 0 Å². The van der Waals surface area contributed by atoms with Crippen LogP contribution in [0.1, 0.15) is 48.2 Å². The summed E-state index contributed by atoms with van der Waals surface area (Å²) in [5, 5.41) is 0. The van der Waals surface area contributed by atoms with Crippen molar-refractivity contribution in [3.8, 4) is 11.1 Å². The van der Waals surface area contributed by atoms with Gasteiger partial charge in [0.05, 0.1) is 12.1 Å². The van der Waals surface area contributed by atoms with Gasteiger partial charge in [-0.2, -0.15) is 0 Å². The summed E-state index contributed by atoms with van der Waals surface area (Å²) in [6, 6.07) is 76.9. The standard InChI is InChI=1S/C62H54N4/c1-3-5-7-21-47-63-61(51-25-15-10-16-26-51)52-33-43-59(44-34-52)66(57-39-31-50(32-40-57)49-23-13-9-14-24-49)60-45-37-54(38-46-60)62(64-48-22-8-6-4-2)53-35-41-58(42-36-53)65(55-27-17-11-18-28-55)56-29-19-12-20-30-56/h3-48,61-62H,1-2H3/b5-3-,6-4-,21-7-,22-8-,63-47+,64-48+. The molecule has 8 aromatic carbocycles. The topological polar surface area (TPSA) is 31.2 Å². The minimum atomic E-state index is -0.230. The Balaban J connectivity index is 1.15. The second-order valence-corrected chi connectivity index (χ2v) is 15.7. The Bertz CT molecular complexity index is 2840. The minimum Gasteiger partial charge on any atom is -0.311 e. The molecule has 0 spiro atoms. The maximum absolute atomic E-state index is 5.15. The summed E-state index contributed by atoms with van der Waals surface area (Å²) in [5.41, 5.74) is 13.2. The van der Waals surface area contributed by atoms with E-state index in [0.717, 1.165) is 56.4 Å². The summed E-state index contributed by atoms with van der Waals surface area (Å²) in [6.07, 6.45) is 19.8.